The molecule has 0 aromatic carbocycles. The second-order valence-corrected chi connectivity index (χ2v) is 4.41. The molecule has 0 radical (unpaired) electrons. The number of nitrogens with one attached hydrogen (secondary N) is 2. The van der Waals surface area contributed by atoms with E-state index in [0.717, 1.165) is 6.20 Å². The summed E-state index contributed by atoms with van der Waals surface area (Å²) in [6.45, 7) is 3.95. The summed E-state index contributed by atoms with van der Waals surface area (Å²) in [5, 5.41) is 14.2. The first-order valence-corrected chi connectivity index (χ1v) is 5.38. The topological polar surface area (TPSA) is 104 Å². The highest BCUT2D eigenvalue weighted by atomic mass is 16.4. The van der Waals surface area contributed by atoms with Crippen LogP contribution in [0.4, 0.5) is 5.82 Å². The summed E-state index contributed by atoms with van der Waals surface area (Å²) in [6, 6.07) is 0. The van der Waals surface area contributed by atoms with Crippen LogP contribution in [-0.4, -0.2) is 40.5 Å². The normalized spacial score (nSPS) is 10.8. The average molecular weight is 252 g/mol. The van der Waals surface area contributed by atoms with Crippen molar-refractivity contribution in [3.63, 3.8) is 0 Å². The Morgan fingerprint density at radius 2 is 2.00 bits per heavy atom. The minimum atomic E-state index is -1.13. The predicted molar refractivity (Wildman–Crippen MR) is 65.3 cm³/mol. The number of carbonyl (C=O) groups is 2. The van der Waals surface area contributed by atoms with Crippen LogP contribution < -0.4 is 10.6 Å². The molecule has 0 aliphatic heterocycles. The molecule has 0 fully saturated rings. The zero-order chi connectivity index (χ0) is 13.8. The van der Waals surface area contributed by atoms with Crippen LogP contribution in [-0.2, 0) is 4.79 Å². The van der Waals surface area contributed by atoms with Crippen LogP contribution in [0, 0.1) is 5.41 Å². The molecule has 0 spiro atoms. The third-order valence-corrected chi connectivity index (χ3v) is 2.42. The van der Waals surface area contributed by atoms with Crippen molar-refractivity contribution in [1.82, 2.24) is 15.3 Å². The third kappa shape index (κ3) is 3.41. The van der Waals surface area contributed by atoms with Crippen molar-refractivity contribution in [3.8, 4) is 0 Å². The number of carbonyl (C=O) groups excluding carboxylic acids is 1. The van der Waals surface area contributed by atoms with E-state index in [0.29, 0.717) is 12.4 Å². The molecule has 0 saturated heterocycles. The molecule has 7 nitrogen and oxygen atoms in total. The second kappa shape index (κ2) is 5.44. The third-order valence-electron chi connectivity index (χ3n) is 2.42. The van der Waals surface area contributed by atoms with E-state index in [1.165, 1.54) is 6.20 Å². The molecule has 3 N–H and O–H groups in total. The molecule has 1 amide bonds. The highest BCUT2D eigenvalue weighted by Crippen LogP contribution is 2.15. The van der Waals surface area contributed by atoms with Crippen LogP contribution >= 0.6 is 0 Å². The van der Waals surface area contributed by atoms with E-state index in [1.54, 1.807) is 20.9 Å². The minimum Gasteiger partial charge on any atom is -0.476 e. The lowest BCUT2D eigenvalue weighted by Gasteiger charge is -2.22. The first kappa shape index (κ1) is 13.9. The van der Waals surface area contributed by atoms with Gasteiger partial charge in [-0.3, -0.25) is 4.79 Å². The van der Waals surface area contributed by atoms with E-state index in [2.05, 4.69) is 20.6 Å². The maximum Gasteiger partial charge on any atom is 0.356 e. The molecule has 0 unspecified atom stereocenters. The minimum absolute atomic E-state index is 0.0925. The van der Waals surface area contributed by atoms with E-state index < -0.39 is 11.4 Å². The van der Waals surface area contributed by atoms with Gasteiger partial charge < -0.3 is 15.7 Å². The first-order chi connectivity index (χ1) is 8.36. The Morgan fingerprint density at radius 3 is 2.44 bits per heavy atom. The molecule has 1 aromatic heterocycles. The Morgan fingerprint density at radius 1 is 1.33 bits per heavy atom. The van der Waals surface area contributed by atoms with Crippen LogP contribution in [0.25, 0.3) is 0 Å². The van der Waals surface area contributed by atoms with Crippen LogP contribution in [0.15, 0.2) is 12.4 Å². The maximum atomic E-state index is 11.5. The molecule has 18 heavy (non-hydrogen) atoms. The summed E-state index contributed by atoms with van der Waals surface area (Å²) in [5.74, 6) is -0.790. The number of hydrogen-bond acceptors (Lipinski definition) is 5. The number of nitrogens with zero attached hydrogens (tertiary/aromatic N) is 2. The Labute approximate surface area is 105 Å². The molecule has 1 aromatic rings. The lowest BCUT2D eigenvalue weighted by Crippen LogP contribution is -2.39. The summed E-state index contributed by atoms with van der Waals surface area (Å²) in [7, 11) is 1.57. The van der Waals surface area contributed by atoms with E-state index >= 15 is 0 Å². The number of hydrogen-bond donors (Lipinski definition) is 3. The molecule has 7 heteroatoms. The Kier molecular flexibility index (Phi) is 4.19. The van der Waals surface area contributed by atoms with Crippen molar-refractivity contribution in [3.05, 3.63) is 18.1 Å². The van der Waals surface area contributed by atoms with Crippen LogP contribution in [0.5, 0.6) is 0 Å². The van der Waals surface area contributed by atoms with Crippen molar-refractivity contribution in [2.45, 2.75) is 13.8 Å². The molecular formula is C11H16N4O3. The quantitative estimate of drug-likeness (QED) is 0.699. The fraction of sp³-hybridized carbons (Fsp3) is 0.455. The van der Waals surface area contributed by atoms with Crippen molar-refractivity contribution in [2.24, 2.45) is 5.41 Å². The molecule has 0 aliphatic carbocycles. The number of aromatic carboxylic acids is 1. The average Bonchev–Trinajstić information content (AvgIpc) is 2.35. The highest BCUT2D eigenvalue weighted by molar-refractivity contribution is 5.85. The number of amides is 1. The molecule has 0 saturated carbocycles. The highest BCUT2D eigenvalue weighted by Gasteiger charge is 2.26. The van der Waals surface area contributed by atoms with Gasteiger partial charge in [0.15, 0.2) is 5.69 Å². The van der Waals surface area contributed by atoms with Gasteiger partial charge >= 0.3 is 5.97 Å². The number of aromatic nitrogens is 2. The SMILES string of the molecule is CNC(=O)C(C)(C)CNc1cnc(C(=O)O)cn1. The number of anilines is 1. The number of rotatable bonds is 5. The van der Waals surface area contributed by atoms with E-state index in [9.17, 15) is 9.59 Å². The van der Waals surface area contributed by atoms with Crippen molar-refractivity contribution < 1.29 is 14.7 Å². The maximum absolute atomic E-state index is 11.5. The molecule has 1 rings (SSSR count). The predicted octanol–water partition coefficient (Wildman–Crippen LogP) is 0.359. The van der Waals surface area contributed by atoms with Crippen LogP contribution in [0.2, 0.25) is 0 Å². The lowest BCUT2D eigenvalue weighted by atomic mass is 9.92. The monoisotopic (exact) mass is 252 g/mol. The van der Waals surface area contributed by atoms with Gasteiger partial charge in [0.25, 0.3) is 0 Å². The molecule has 0 bridgehead atoms. The van der Waals surface area contributed by atoms with Gasteiger partial charge in [0.2, 0.25) is 5.91 Å². The van der Waals surface area contributed by atoms with Gasteiger partial charge in [-0.15, -0.1) is 0 Å². The van der Waals surface area contributed by atoms with Crippen molar-refractivity contribution in [1.29, 1.82) is 0 Å². The number of carboxylic acid groups (broad SMARTS) is 1. The van der Waals surface area contributed by atoms with Crippen molar-refractivity contribution >= 4 is 17.7 Å². The van der Waals surface area contributed by atoms with Gasteiger partial charge in [0.05, 0.1) is 17.8 Å². The van der Waals surface area contributed by atoms with Gasteiger partial charge in [-0.2, -0.15) is 0 Å². The zero-order valence-electron chi connectivity index (χ0n) is 10.5. The lowest BCUT2D eigenvalue weighted by molar-refractivity contribution is -0.128. The summed E-state index contributed by atoms with van der Waals surface area (Å²) in [5.41, 5.74) is -0.715. The fourth-order valence-corrected chi connectivity index (χ4v) is 1.26. The largest absolute Gasteiger partial charge is 0.476 e. The van der Waals surface area contributed by atoms with E-state index in [-0.39, 0.29) is 11.6 Å². The summed E-state index contributed by atoms with van der Waals surface area (Å²) in [4.78, 5) is 29.7. The zero-order valence-corrected chi connectivity index (χ0v) is 10.5. The van der Waals surface area contributed by atoms with Gasteiger partial charge in [0.1, 0.15) is 5.82 Å². The summed E-state index contributed by atoms with van der Waals surface area (Å²) < 4.78 is 0. The molecule has 0 aliphatic rings. The second-order valence-electron chi connectivity index (χ2n) is 4.41. The van der Waals surface area contributed by atoms with Crippen LogP contribution in [0.3, 0.4) is 0 Å². The Hall–Kier alpha value is -2.18. The smallest absolute Gasteiger partial charge is 0.356 e. The Balaban J connectivity index is 2.64. The van der Waals surface area contributed by atoms with Crippen molar-refractivity contribution in [2.75, 3.05) is 18.9 Å². The van der Waals surface area contributed by atoms with Gasteiger partial charge in [0, 0.05) is 13.6 Å². The number of carboxylic acids is 1. The van der Waals surface area contributed by atoms with Crippen LogP contribution in [0.1, 0.15) is 24.3 Å². The van der Waals surface area contributed by atoms with Gasteiger partial charge in [-0.05, 0) is 13.8 Å². The van der Waals surface area contributed by atoms with E-state index in [4.69, 9.17) is 5.11 Å². The molecule has 0 atom stereocenters. The standard InChI is InChI=1S/C11H16N4O3/c1-11(2,10(18)12-3)6-15-8-5-13-7(4-14-8)9(16)17/h4-5H,6H2,1-3H3,(H,12,18)(H,14,15)(H,16,17). The van der Waals surface area contributed by atoms with Gasteiger partial charge in [-0.1, -0.05) is 0 Å². The summed E-state index contributed by atoms with van der Waals surface area (Å²) >= 11 is 0. The first-order valence-electron chi connectivity index (χ1n) is 5.38. The summed E-state index contributed by atoms with van der Waals surface area (Å²) in [6.07, 6.45) is 2.49. The molecular weight excluding hydrogens is 236 g/mol. The molecule has 1 heterocycles. The van der Waals surface area contributed by atoms with E-state index in [1.807, 2.05) is 0 Å². The Bertz CT molecular complexity index is 442. The molecule has 98 valence electrons. The fourth-order valence-electron chi connectivity index (χ4n) is 1.26. The van der Waals surface area contributed by atoms with Gasteiger partial charge in [-0.25, -0.2) is 14.8 Å².